The number of ether oxygens (including phenoxy) is 2. The number of fused-ring (bicyclic) bond motifs is 1. The van der Waals surface area contributed by atoms with Crippen LogP contribution >= 0.6 is 12.4 Å². The minimum atomic E-state index is 0. The fourth-order valence-corrected chi connectivity index (χ4v) is 3.67. The number of nitrogens with zero attached hydrogens (tertiary/aromatic N) is 2. The molecular weight excluding hydrogens is 372 g/mol. The standard InChI is InChI=1S/C23H28N2O2.ClH/c1-6-9-16(10-7-2)23-20-12-8-11-19(22(20)24-25(23)3)18-14-13-17(26-4)15-21(18)27-5;/h8-9,11-15H,6-7,10H2,1-5H3;1H. The fraction of sp³-hybridized carbons (Fsp3) is 0.348. The summed E-state index contributed by atoms with van der Waals surface area (Å²) in [7, 11) is 5.38. The van der Waals surface area contributed by atoms with Gasteiger partial charge in [-0.25, -0.2) is 0 Å². The molecular formula is C23H29ClN2O2. The quantitative estimate of drug-likeness (QED) is 0.468. The zero-order chi connectivity index (χ0) is 19.4. The summed E-state index contributed by atoms with van der Waals surface area (Å²) in [6, 6.07) is 12.3. The lowest BCUT2D eigenvalue weighted by atomic mass is 9.98. The normalized spacial score (nSPS) is 11.4. The molecule has 3 aromatic rings. The van der Waals surface area contributed by atoms with Crippen LogP contribution < -0.4 is 9.47 Å². The molecule has 1 aromatic heterocycles. The number of aromatic nitrogens is 2. The molecule has 0 amide bonds. The largest absolute Gasteiger partial charge is 0.497 e. The van der Waals surface area contributed by atoms with Gasteiger partial charge in [0, 0.05) is 29.6 Å². The fourth-order valence-electron chi connectivity index (χ4n) is 3.67. The van der Waals surface area contributed by atoms with E-state index in [0.717, 1.165) is 47.4 Å². The Labute approximate surface area is 173 Å². The van der Waals surface area contributed by atoms with E-state index in [-0.39, 0.29) is 12.4 Å². The molecule has 0 aliphatic heterocycles. The van der Waals surface area contributed by atoms with Crippen LogP contribution in [0.15, 0.2) is 42.5 Å². The van der Waals surface area contributed by atoms with E-state index < -0.39 is 0 Å². The zero-order valence-electron chi connectivity index (χ0n) is 17.3. The highest BCUT2D eigenvalue weighted by Gasteiger charge is 2.18. The third-order valence-electron chi connectivity index (χ3n) is 4.84. The van der Waals surface area contributed by atoms with Gasteiger partial charge in [-0.15, -0.1) is 12.4 Å². The summed E-state index contributed by atoms with van der Waals surface area (Å²) in [5, 5.41) is 6.06. The lowest BCUT2D eigenvalue weighted by Crippen LogP contribution is -1.98. The average molecular weight is 401 g/mol. The van der Waals surface area contributed by atoms with E-state index in [0.29, 0.717) is 0 Å². The van der Waals surface area contributed by atoms with Crippen LogP contribution in [0.4, 0.5) is 0 Å². The van der Waals surface area contributed by atoms with Crippen molar-refractivity contribution in [2.45, 2.75) is 33.1 Å². The maximum atomic E-state index is 5.63. The molecule has 2 aromatic carbocycles. The molecule has 5 heteroatoms. The summed E-state index contributed by atoms with van der Waals surface area (Å²) in [5.41, 5.74) is 5.66. The highest BCUT2D eigenvalue weighted by atomic mass is 35.5. The highest BCUT2D eigenvalue weighted by molar-refractivity contribution is 6.00. The molecule has 0 N–H and O–H groups in total. The first-order valence-electron chi connectivity index (χ1n) is 9.52. The second kappa shape index (κ2) is 9.65. The van der Waals surface area contributed by atoms with Gasteiger partial charge in [-0.2, -0.15) is 5.10 Å². The van der Waals surface area contributed by atoms with E-state index >= 15 is 0 Å². The number of allylic oxidation sites excluding steroid dienone is 2. The Morgan fingerprint density at radius 1 is 1.07 bits per heavy atom. The van der Waals surface area contributed by atoms with Gasteiger partial charge in [0.25, 0.3) is 0 Å². The van der Waals surface area contributed by atoms with E-state index in [1.807, 2.05) is 29.9 Å². The smallest absolute Gasteiger partial charge is 0.130 e. The maximum Gasteiger partial charge on any atom is 0.130 e. The van der Waals surface area contributed by atoms with Crippen molar-refractivity contribution in [3.8, 4) is 22.6 Å². The number of benzene rings is 2. The first-order valence-corrected chi connectivity index (χ1v) is 9.52. The summed E-state index contributed by atoms with van der Waals surface area (Å²) in [5.74, 6) is 1.56. The molecule has 3 rings (SSSR count). The van der Waals surface area contributed by atoms with Gasteiger partial charge in [0.2, 0.25) is 0 Å². The Balaban J connectivity index is 0.00000280. The van der Waals surface area contributed by atoms with Crippen LogP contribution in [0, 0.1) is 0 Å². The lowest BCUT2D eigenvalue weighted by Gasteiger charge is -2.11. The number of hydrogen-bond acceptors (Lipinski definition) is 3. The topological polar surface area (TPSA) is 36.3 Å². The number of methoxy groups -OCH3 is 2. The van der Waals surface area contributed by atoms with Crippen LogP contribution in [0.25, 0.3) is 27.6 Å². The van der Waals surface area contributed by atoms with Gasteiger partial charge in [0.1, 0.15) is 17.0 Å². The van der Waals surface area contributed by atoms with Gasteiger partial charge in [0.05, 0.1) is 19.9 Å². The van der Waals surface area contributed by atoms with E-state index in [1.165, 1.54) is 16.7 Å². The Morgan fingerprint density at radius 3 is 2.50 bits per heavy atom. The van der Waals surface area contributed by atoms with Gasteiger partial charge in [-0.3, -0.25) is 4.68 Å². The predicted octanol–water partition coefficient (Wildman–Crippen LogP) is 6.27. The van der Waals surface area contributed by atoms with Crippen molar-refractivity contribution >= 4 is 28.9 Å². The van der Waals surface area contributed by atoms with Crippen LogP contribution in [-0.4, -0.2) is 24.0 Å². The molecule has 0 unspecified atom stereocenters. The maximum absolute atomic E-state index is 5.63. The number of aryl methyl sites for hydroxylation is 1. The minimum absolute atomic E-state index is 0. The first-order chi connectivity index (χ1) is 13.1. The van der Waals surface area contributed by atoms with Gasteiger partial charge < -0.3 is 9.47 Å². The van der Waals surface area contributed by atoms with E-state index in [2.05, 4.69) is 38.1 Å². The van der Waals surface area contributed by atoms with Crippen molar-refractivity contribution in [1.82, 2.24) is 9.78 Å². The Bertz CT molecular complexity index is 976. The van der Waals surface area contributed by atoms with Crippen molar-refractivity contribution in [2.75, 3.05) is 14.2 Å². The molecule has 28 heavy (non-hydrogen) atoms. The summed E-state index contributed by atoms with van der Waals surface area (Å²) < 4.78 is 13.0. The molecule has 1 heterocycles. The molecule has 0 aliphatic carbocycles. The van der Waals surface area contributed by atoms with Crippen LogP contribution in [0.5, 0.6) is 11.5 Å². The number of halogens is 1. The van der Waals surface area contributed by atoms with Gasteiger partial charge in [0.15, 0.2) is 0 Å². The minimum Gasteiger partial charge on any atom is -0.497 e. The summed E-state index contributed by atoms with van der Waals surface area (Å²) in [6.07, 6.45) is 5.51. The average Bonchev–Trinajstić information content (AvgIpc) is 3.03. The third-order valence-corrected chi connectivity index (χ3v) is 4.84. The molecule has 0 bridgehead atoms. The molecule has 0 saturated carbocycles. The second-order valence-corrected chi connectivity index (χ2v) is 6.63. The molecule has 0 atom stereocenters. The number of rotatable bonds is 7. The molecule has 0 spiro atoms. The summed E-state index contributed by atoms with van der Waals surface area (Å²) in [4.78, 5) is 0. The second-order valence-electron chi connectivity index (χ2n) is 6.63. The van der Waals surface area contributed by atoms with E-state index in [9.17, 15) is 0 Å². The predicted molar refractivity (Wildman–Crippen MR) is 120 cm³/mol. The van der Waals surface area contributed by atoms with Crippen molar-refractivity contribution in [3.63, 3.8) is 0 Å². The zero-order valence-corrected chi connectivity index (χ0v) is 18.1. The molecule has 0 saturated heterocycles. The summed E-state index contributed by atoms with van der Waals surface area (Å²) in [6.45, 7) is 4.40. The molecule has 0 aliphatic rings. The third kappa shape index (κ3) is 4.02. The monoisotopic (exact) mass is 400 g/mol. The molecule has 150 valence electrons. The van der Waals surface area contributed by atoms with Crippen LogP contribution in [0.3, 0.4) is 0 Å². The molecule has 0 fully saturated rings. The van der Waals surface area contributed by atoms with Gasteiger partial charge in [-0.1, -0.05) is 44.5 Å². The van der Waals surface area contributed by atoms with E-state index in [1.54, 1.807) is 14.2 Å². The summed E-state index contributed by atoms with van der Waals surface area (Å²) >= 11 is 0. The Hall–Kier alpha value is -2.46. The highest BCUT2D eigenvalue weighted by Crippen LogP contribution is 2.39. The van der Waals surface area contributed by atoms with Crippen LogP contribution in [-0.2, 0) is 7.05 Å². The SMILES string of the molecule is CCC=C(CCC)c1c2cccc(-c3ccc(OC)cc3OC)c2nn1C.Cl. The first kappa shape index (κ1) is 21.8. The van der Waals surface area contributed by atoms with E-state index in [4.69, 9.17) is 14.6 Å². The van der Waals surface area contributed by atoms with Crippen molar-refractivity contribution in [3.05, 3.63) is 48.2 Å². The lowest BCUT2D eigenvalue weighted by molar-refractivity contribution is 0.395. The Kier molecular flexibility index (Phi) is 7.53. The van der Waals surface area contributed by atoms with Gasteiger partial charge >= 0.3 is 0 Å². The van der Waals surface area contributed by atoms with Crippen molar-refractivity contribution in [2.24, 2.45) is 7.05 Å². The van der Waals surface area contributed by atoms with Crippen LogP contribution in [0.1, 0.15) is 38.8 Å². The Morgan fingerprint density at radius 2 is 1.86 bits per heavy atom. The van der Waals surface area contributed by atoms with Crippen LogP contribution in [0.2, 0.25) is 0 Å². The van der Waals surface area contributed by atoms with Crippen molar-refractivity contribution in [1.29, 1.82) is 0 Å². The van der Waals surface area contributed by atoms with Crippen molar-refractivity contribution < 1.29 is 9.47 Å². The number of hydrogen-bond donors (Lipinski definition) is 0. The molecule has 4 nitrogen and oxygen atoms in total. The van der Waals surface area contributed by atoms with Gasteiger partial charge in [-0.05, 0) is 30.5 Å². The molecule has 0 radical (unpaired) electrons.